The molecule has 0 aromatic carbocycles. The van der Waals surface area contributed by atoms with Gasteiger partial charge in [-0.05, 0) is 31.6 Å². The zero-order chi connectivity index (χ0) is 19.2. The van der Waals surface area contributed by atoms with Crippen LogP contribution in [0.3, 0.4) is 0 Å². The molecular formula is C18H25N7O2. The lowest BCUT2D eigenvalue weighted by molar-refractivity contribution is -0.120. The first-order valence-electron chi connectivity index (χ1n) is 9.37. The average Bonchev–Trinajstić information content (AvgIpc) is 3.19. The van der Waals surface area contributed by atoms with Gasteiger partial charge in [-0.1, -0.05) is 13.3 Å². The van der Waals surface area contributed by atoms with Crippen LogP contribution in [-0.4, -0.2) is 49.4 Å². The Bertz CT molecular complexity index is 880. The largest absolute Gasteiger partial charge is 0.337 e. The van der Waals surface area contributed by atoms with E-state index in [9.17, 15) is 9.59 Å². The molecule has 9 nitrogen and oxygen atoms in total. The Morgan fingerprint density at radius 1 is 1.37 bits per heavy atom. The number of amides is 2. The Hall–Kier alpha value is -2.71. The van der Waals surface area contributed by atoms with Crippen molar-refractivity contribution in [2.45, 2.75) is 58.7 Å². The van der Waals surface area contributed by atoms with Gasteiger partial charge in [-0.2, -0.15) is 5.10 Å². The number of carbonyl (C=O) groups is 2. The SMILES string of the molecule is Cc1cc2n(n1)CC[C@H](NC(=O)c1ncn(CC3(C)CCC3)n1)C(=O)N2C. The van der Waals surface area contributed by atoms with Crippen LogP contribution < -0.4 is 10.2 Å². The van der Waals surface area contributed by atoms with Gasteiger partial charge in [0.05, 0.1) is 5.69 Å². The van der Waals surface area contributed by atoms with Crippen LogP contribution in [0.2, 0.25) is 0 Å². The maximum absolute atomic E-state index is 12.7. The topological polar surface area (TPSA) is 97.9 Å². The van der Waals surface area contributed by atoms with Crippen molar-refractivity contribution in [3.63, 3.8) is 0 Å². The predicted octanol–water partition coefficient (Wildman–Crippen LogP) is 1.14. The van der Waals surface area contributed by atoms with Gasteiger partial charge >= 0.3 is 0 Å². The normalized spacial score (nSPS) is 21.4. The fraction of sp³-hybridized carbons (Fsp3) is 0.611. The maximum Gasteiger partial charge on any atom is 0.291 e. The lowest BCUT2D eigenvalue weighted by Gasteiger charge is -2.37. The third kappa shape index (κ3) is 3.33. The smallest absolute Gasteiger partial charge is 0.291 e. The summed E-state index contributed by atoms with van der Waals surface area (Å²) in [5.74, 6) is 0.259. The van der Waals surface area contributed by atoms with E-state index in [1.807, 2.05) is 13.0 Å². The van der Waals surface area contributed by atoms with Gasteiger partial charge in [0.15, 0.2) is 0 Å². The van der Waals surface area contributed by atoms with Gasteiger partial charge in [0.25, 0.3) is 11.8 Å². The van der Waals surface area contributed by atoms with E-state index in [1.165, 1.54) is 19.3 Å². The number of nitrogens with zero attached hydrogens (tertiary/aromatic N) is 6. The summed E-state index contributed by atoms with van der Waals surface area (Å²) in [7, 11) is 1.70. The molecular weight excluding hydrogens is 346 g/mol. The van der Waals surface area contributed by atoms with Crippen LogP contribution in [-0.2, 0) is 17.9 Å². The molecule has 0 saturated heterocycles. The van der Waals surface area contributed by atoms with E-state index in [0.29, 0.717) is 13.0 Å². The third-order valence-electron chi connectivity index (χ3n) is 5.63. The molecule has 2 amide bonds. The second kappa shape index (κ2) is 6.47. The van der Waals surface area contributed by atoms with Crippen molar-refractivity contribution in [1.29, 1.82) is 0 Å². The summed E-state index contributed by atoms with van der Waals surface area (Å²) in [6.45, 7) is 5.44. The lowest BCUT2D eigenvalue weighted by Crippen LogP contribution is -2.47. The van der Waals surface area contributed by atoms with Crippen LogP contribution in [0, 0.1) is 12.3 Å². The number of aromatic nitrogens is 5. The van der Waals surface area contributed by atoms with Crippen molar-refractivity contribution in [1.82, 2.24) is 29.9 Å². The summed E-state index contributed by atoms with van der Waals surface area (Å²) in [6.07, 6.45) is 5.66. The highest BCUT2D eigenvalue weighted by atomic mass is 16.2. The molecule has 1 aliphatic heterocycles. The zero-order valence-electron chi connectivity index (χ0n) is 16.0. The number of likely N-dealkylation sites (N-methyl/N-ethyl adjacent to an activating group) is 1. The summed E-state index contributed by atoms with van der Waals surface area (Å²) in [6, 6.07) is 1.24. The molecule has 2 aliphatic rings. The number of nitrogens with one attached hydrogen (secondary N) is 1. The highest BCUT2D eigenvalue weighted by molar-refractivity contribution is 6.00. The molecule has 2 aromatic rings. The monoisotopic (exact) mass is 371 g/mol. The van der Waals surface area contributed by atoms with Gasteiger partial charge in [-0.25, -0.2) is 9.67 Å². The molecule has 1 N–H and O–H groups in total. The minimum absolute atomic E-state index is 0.103. The summed E-state index contributed by atoms with van der Waals surface area (Å²) in [5.41, 5.74) is 1.11. The summed E-state index contributed by atoms with van der Waals surface area (Å²) < 4.78 is 3.53. The van der Waals surface area contributed by atoms with Crippen molar-refractivity contribution < 1.29 is 9.59 Å². The predicted molar refractivity (Wildman–Crippen MR) is 98.2 cm³/mol. The Labute approximate surface area is 157 Å². The van der Waals surface area contributed by atoms with Crippen LogP contribution >= 0.6 is 0 Å². The highest BCUT2D eigenvalue weighted by Crippen LogP contribution is 2.41. The van der Waals surface area contributed by atoms with Crippen LogP contribution in [0.1, 0.15) is 48.9 Å². The second-order valence-corrected chi connectivity index (χ2v) is 8.01. The zero-order valence-corrected chi connectivity index (χ0v) is 16.0. The fourth-order valence-electron chi connectivity index (χ4n) is 3.85. The highest BCUT2D eigenvalue weighted by Gasteiger charge is 2.33. The van der Waals surface area contributed by atoms with Gasteiger partial charge < -0.3 is 5.32 Å². The van der Waals surface area contributed by atoms with E-state index >= 15 is 0 Å². The molecule has 2 aromatic heterocycles. The lowest BCUT2D eigenvalue weighted by atomic mass is 9.70. The third-order valence-corrected chi connectivity index (χ3v) is 5.63. The summed E-state index contributed by atoms with van der Waals surface area (Å²) >= 11 is 0. The van der Waals surface area contributed by atoms with E-state index in [2.05, 4.69) is 27.4 Å². The average molecular weight is 371 g/mol. The molecule has 0 radical (unpaired) electrons. The summed E-state index contributed by atoms with van der Waals surface area (Å²) in [4.78, 5) is 31.0. The summed E-state index contributed by atoms with van der Waals surface area (Å²) in [5, 5.41) is 11.5. The number of aryl methyl sites for hydroxylation is 2. The molecule has 144 valence electrons. The van der Waals surface area contributed by atoms with Crippen molar-refractivity contribution in [3.8, 4) is 0 Å². The minimum Gasteiger partial charge on any atom is -0.337 e. The number of carbonyl (C=O) groups excluding carboxylic acids is 2. The molecule has 1 fully saturated rings. The Morgan fingerprint density at radius 3 is 2.85 bits per heavy atom. The Kier molecular flexibility index (Phi) is 4.24. The van der Waals surface area contributed by atoms with Gasteiger partial charge in [-0.15, -0.1) is 5.10 Å². The molecule has 0 spiro atoms. The van der Waals surface area contributed by atoms with Crippen molar-refractivity contribution in [3.05, 3.63) is 23.9 Å². The first-order chi connectivity index (χ1) is 12.8. The van der Waals surface area contributed by atoms with E-state index in [-0.39, 0.29) is 17.1 Å². The van der Waals surface area contributed by atoms with E-state index < -0.39 is 11.9 Å². The van der Waals surface area contributed by atoms with Gasteiger partial charge in [0.2, 0.25) is 5.82 Å². The Balaban J connectivity index is 1.43. The molecule has 0 unspecified atom stereocenters. The molecule has 3 heterocycles. The van der Waals surface area contributed by atoms with E-state index in [1.54, 1.807) is 27.6 Å². The number of hydrogen-bond acceptors (Lipinski definition) is 5. The first-order valence-corrected chi connectivity index (χ1v) is 9.37. The molecule has 4 rings (SSSR count). The molecule has 1 atom stereocenters. The van der Waals surface area contributed by atoms with Crippen LogP contribution in [0.15, 0.2) is 12.4 Å². The molecule has 9 heteroatoms. The standard InChI is InChI=1S/C18H25N7O2/c1-12-9-14-23(3)17(27)13(5-8-25(14)21-12)20-16(26)15-19-11-24(22-15)10-18(2)6-4-7-18/h9,11,13H,4-8,10H2,1-3H3,(H,20,26)/t13-/m0/s1. The molecule has 0 bridgehead atoms. The van der Waals surface area contributed by atoms with E-state index in [0.717, 1.165) is 18.1 Å². The first kappa shape index (κ1) is 17.7. The number of anilines is 1. The Morgan fingerprint density at radius 2 is 2.15 bits per heavy atom. The van der Waals surface area contributed by atoms with Crippen molar-refractivity contribution in [2.24, 2.45) is 5.41 Å². The molecule has 27 heavy (non-hydrogen) atoms. The number of rotatable bonds is 4. The minimum atomic E-state index is -0.624. The number of fused-ring (bicyclic) bond motifs is 1. The van der Waals surface area contributed by atoms with E-state index in [4.69, 9.17) is 0 Å². The molecule has 1 aliphatic carbocycles. The fourth-order valence-corrected chi connectivity index (χ4v) is 3.85. The quantitative estimate of drug-likeness (QED) is 0.869. The maximum atomic E-state index is 12.7. The number of hydrogen-bond donors (Lipinski definition) is 1. The second-order valence-electron chi connectivity index (χ2n) is 8.01. The van der Waals surface area contributed by atoms with Crippen molar-refractivity contribution >= 4 is 17.6 Å². The van der Waals surface area contributed by atoms with Gasteiger partial charge in [-0.3, -0.25) is 19.2 Å². The van der Waals surface area contributed by atoms with Gasteiger partial charge in [0.1, 0.15) is 18.2 Å². The van der Waals surface area contributed by atoms with Crippen molar-refractivity contribution in [2.75, 3.05) is 11.9 Å². The van der Waals surface area contributed by atoms with Gasteiger partial charge in [0, 0.05) is 26.2 Å². The van der Waals surface area contributed by atoms with Crippen LogP contribution in [0.4, 0.5) is 5.82 Å². The molecule has 1 saturated carbocycles. The van der Waals surface area contributed by atoms with Crippen LogP contribution in [0.5, 0.6) is 0 Å². The van der Waals surface area contributed by atoms with Crippen LogP contribution in [0.25, 0.3) is 0 Å².